The van der Waals surface area contributed by atoms with Crippen LogP contribution in [0.25, 0.3) is 0 Å². The topological polar surface area (TPSA) is 0 Å². The second kappa shape index (κ2) is 10.7. The molecule has 0 N–H and O–H groups in total. The van der Waals surface area contributed by atoms with Gasteiger partial charge in [-0.25, -0.2) is 0 Å². The number of hydrogen-bond donors (Lipinski definition) is 0. The fraction of sp³-hybridized carbons (Fsp3) is 1.00. The fourth-order valence-corrected chi connectivity index (χ4v) is 5.24. The Labute approximate surface area is 134 Å². The van der Waals surface area contributed by atoms with E-state index < -0.39 is 0 Å². The molecule has 0 nitrogen and oxygen atoms in total. The maximum Gasteiger partial charge on any atom is -0.0360 e. The summed E-state index contributed by atoms with van der Waals surface area (Å²) in [4.78, 5) is 0. The second-order valence-corrected chi connectivity index (χ2v) is 7.99. The fourth-order valence-electron chi connectivity index (χ4n) is 5.24. The number of hydrogen-bond acceptors (Lipinski definition) is 0. The van der Waals surface area contributed by atoms with Gasteiger partial charge < -0.3 is 0 Å². The van der Waals surface area contributed by atoms with Crippen molar-refractivity contribution in [2.75, 3.05) is 0 Å². The van der Waals surface area contributed by atoms with Crippen molar-refractivity contribution >= 4 is 0 Å². The molecule has 0 aromatic heterocycles. The van der Waals surface area contributed by atoms with E-state index in [4.69, 9.17) is 0 Å². The van der Waals surface area contributed by atoms with Crippen LogP contribution in [0.4, 0.5) is 0 Å². The van der Waals surface area contributed by atoms with Crippen molar-refractivity contribution in [2.24, 2.45) is 17.8 Å². The van der Waals surface area contributed by atoms with E-state index in [9.17, 15) is 0 Å². The minimum absolute atomic E-state index is 1.06. The second-order valence-electron chi connectivity index (χ2n) is 7.99. The van der Waals surface area contributed by atoms with Crippen LogP contribution < -0.4 is 0 Å². The van der Waals surface area contributed by atoms with E-state index in [0.29, 0.717) is 0 Å². The lowest BCUT2D eigenvalue weighted by atomic mass is 9.72. The Balaban J connectivity index is 1.93. The predicted molar refractivity (Wildman–Crippen MR) is 94.6 cm³/mol. The standard InChI is InChI=1S/C21H40/c1-2-21(19-15-11-7-3-4-8-12-16-19)20-17-13-9-5-6-10-14-18-20/h19-21H,2-18H2,1H3. The first kappa shape index (κ1) is 17.4. The van der Waals surface area contributed by atoms with Gasteiger partial charge in [0.1, 0.15) is 0 Å². The van der Waals surface area contributed by atoms with Crippen molar-refractivity contribution in [3.8, 4) is 0 Å². The van der Waals surface area contributed by atoms with Crippen LogP contribution in [0, 0.1) is 17.8 Å². The van der Waals surface area contributed by atoms with Gasteiger partial charge in [-0.3, -0.25) is 0 Å². The first-order valence-electron chi connectivity index (χ1n) is 10.4. The van der Waals surface area contributed by atoms with Crippen molar-refractivity contribution in [3.63, 3.8) is 0 Å². The summed E-state index contributed by atoms with van der Waals surface area (Å²) in [5.74, 6) is 3.19. The van der Waals surface area contributed by atoms with Crippen molar-refractivity contribution in [2.45, 2.75) is 116 Å². The van der Waals surface area contributed by atoms with Crippen LogP contribution in [0.5, 0.6) is 0 Å². The highest BCUT2D eigenvalue weighted by atomic mass is 14.3. The third-order valence-electron chi connectivity index (χ3n) is 6.48. The van der Waals surface area contributed by atoms with Gasteiger partial charge in [-0.05, 0) is 17.8 Å². The molecule has 0 saturated heterocycles. The van der Waals surface area contributed by atoms with Crippen molar-refractivity contribution in [3.05, 3.63) is 0 Å². The summed E-state index contributed by atoms with van der Waals surface area (Å²) in [5, 5.41) is 0. The van der Waals surface area contributed by atoms with E-state index in [1.54, 1.807) is 25.7 Å². The van der Waals surface area contributed by atoms with Crippen LogP contribution in [0.2, 0.25) is 0 Å². The largest absolute Gasteiger partial charge is 0.0651 e. The van der Waals surface area contributed by atoms with Crippen molar-refractivity contribution < 1.29 is 0 Å². The first-order chi connectivity index (χ1) is 10.4. The molecule has 0 aromatic rings. The van der Waals surface area contributed by atoms with Crippen LogP contribution in [0.1, 0.15) is 116 Å². The third kappa shape index (κ3) is 6.33. The molecule has 0 radical (unpaired) electrons. The molecule has 0 aromatic carbocycles. The van der Waals surface area contributed by atoms with E-state index in [1.807, 2.05) is 0 Å². The quantitative estimate of drug-likeness (QED) is 0.504. The van der Waals surface area contributed by atoms with Crippen molar-refractivity contribution in [1.82, 2.24) is 0 Å². The van der Waals surface area contributed by atoms with Crippen LogP contribution >= 0.6 is 0 Å². The average molecular weight is 293 g/mol. The molecule has 0 atom stereocenters. The van der Waals surface area contributed by atoms with Gasteiger partial charge in [0.15, 0.2) is 0 Å². The van der Waals surface area contributed by atoms with Crippen molar-refractivity contribution in [1.29, 1.82) is 0 Å². The first-order valence-corrected chi connectivity index (χ1v) is 10.4. The highest BCUT2D eigenvalue weighted by Crippen LogP contribution is 2.39. The summed E-state index contributed by atoms with van der Waals surface area (Å²) in [7, 11) is 0. The van der Waals surface area contributed by atoms with Gasteiger partial charge in [0.25, 0.3) is 0 Å². The summed E-state index contributed by atoms with van der Waals surface area (Å²) >= 11 is 0. The van der Waals surface area contributed by atoms with E-state index in [0.717, 1.165) is 17.8 Å². The zero-order chi connectivity index (χ0) is 14.8. The SMILES string of the molecule is CCC(C1CCCCCCCC1)C1CCCCCCCC1. The Morgan fingerprint density at radius 1 is 0.524 bits per heavy atom. The summed E-state index contributed by atoms with van der Waals surface area (Å²) in [6, 6.07) is 0. The predicted octanol–water partition coefficient (Wildman–Crippen LogP) is 7.51. The zero-order valence-corrected chi connectivity index (χ0v) is 14.8. The van der Waals surface area contributed by atoms with E-state index in [1.165, 1.54) is 83.5 Å². The highest BCUT2D eigenvalue weighted by Gasteiger charge is 2.27. The lowest BCUT2D eigenvalue weighted by Crippen LogP contribution is -2.24. The molecule has 2 saturated carbocycles. The summed E-state index contributed by atoms with van der Waals surface area (Å²) in [6.07, 6.45) is 25.8. The van der Waals surface area contributed by atoms with E-state index in [2.05, 4.69) is 6.92 Å². The molecule has 0 heteroatoms. The lowest BCUT2D eigenvalue weighted by Gasteiger charge is -2.34. The Kier molecular flexibility index (Phi) is 8.83. The minimum atomic E-state index is 1.06. The summed E-state index contributed by atoms with van der Waals surface area (Å²) in [6.45, 7) is 2.49. The van der Waals surface area contributed by atoms with Crippen LogP contribution in [-0.4, -0.2) is 0 Å². The lowest BCUT2D eigenvalue weighted by molar-refractivity contribution is 0.169. The normalized spacial score (nSPS) is 25.4. The summed E-state index contributed by atoms with van der Waals surface area (Å²) in [5.41, 5.74) is 0. The van der Waals surface area contributed by atoms with Crippen LogP contribution in [0.15, 0.2) is 0 Å². The molecule has 0 aliphatic heterocycles. The molecule has 2 rings (SSSR count). The molecule has 0 unspecified atom stereocenters. The smallest absolute Gasteiger partial charge is 0.0360 e. The molecule has 0 amide bonds. The Morgan fingerprint density at radius 3 is 1.10 bits per heavy atom. The van der Waals surface area contributed by atoms with Gasteiger partial charge in [0.2, 0.25) is 0 Å². The maximum absolute atomic E-state index is 2.49. The molecular formula is C21H40. The molecule has 0 spiro atoms. The van der Waals surface area contributed by atoms with Gasteiger partial charge in [0, 0.05) is 0 Å². The van der Waals surface area contributed by atoms with Gasteiger partial charge in [-0.1, -0.05) is 116 Å². The number of rotatable bonds is 3. The molecule has 2 aliphatic carbocycles. The molecule has 124 valence electrons. The molecule has 21 heavy (non-hydrogen) atoms. The monoisotopic (exact) mass is 292 g/mol. The molecular weight excluding hydrogens is 252 g/mol. The van der Waals surface area contributed by atoms with Crippen LogP contribution in [0.3, 0.4) is 0 Å². The zero-order valence-electron chi connectivity index (χ0n) is 14.8. The maximum atomic E-state index is 2.49. The third-order valence-corrected chi connectivity index (χ3v) is 6.48. The highest BCUT2D eigenvalue weighted by molar-refractivity contribution is 4.78. The molecule has 0 bridgehead atoms. The Hall–Kier alpha value is 0. The molecule has 2 fully saturated rings. The molecule has 2 aliphatic rings. The van der Waals surface area contributed by atoms with E-state index in [-0.39, 0.29) is 0 Å². The van der Waals surface area contributed by atoms with E-state index >= 15 is 0 Å². The Bertz CT molecular complexity index is 200. The van der Waals surface area contributed by atoms with Crippen LogP contribution in [-0.2, 0) is 0 Å². The van der Waals surface area contributed by atoms with Gasteiger partial charge in [-0.15, -0.1) is 0 Å². The minimum Gasteiger partial charge on any atom is -0.0651 e. The summed E-state index contributed by atoms with van der Waals surface area (Å²) < 4.78 is 0. The van der Waals surface area contributed by atoms with Gasteiger partial charge >= 0.3 is 0 Å². The Morgan fingerprint density at radius 2 is 0.810 bits per heavy atom. The molecule has 0 heterocycles. The van der Waals surface area contributed by atoms with Gasteiger partial charge in [-0.2, -0.15) is 0 Å². The van der Waals surface area contributed by atoms with Gasteiger partial charge in [0.05, 0.1) is 0 Å². The average Bonchev–Trinajstić information content (AvgIpc) is 2.72.